The van der Waals surface area contributed by atoms with Crippen molar-refractivity contribution in [3.8, 4) is 0 Å². The zero-order valence-corrected chi connectivity index (χ0v) is 9.98. The maximum Gasteiger partial charge on any atom is 0.317 e. The van der Waals surface area contributed by atoms with Gasteiger partial charge in [0.15, 0.2) is 0 Å². The van der Waals surface area contributed by atoms with E-state index in [1.54, 1.807) is 19.0 Å². The van der Waals surface area contributed by atoms with Gasteiger partial charge < -0.3 is 10.0 Å². The average molecular weight is 228 g/mol. The standard InChI is InChI=1S/C11H20N2O3/c1-12(2)10(14)4-3-7-13(8-11(15)16)9-5-6-9/h9H,3-8H2,1-2H3,(H,15,16). The second-order valence-electron chi connectivity index (χ2n) is 4.49. The molecule has 0 unspecified atom stereocenters. The van der Waals surface area contributed by atoms with Gasteiger partial charge in [-0.15, -0.1) is 0 Å². The molecule has 5 heteroatoms. The molecule has 16 heavy (non-hydrogen) atoms. The van der Waals surface area contributed by atoms with Crippen LogP contribution < -0.4 is 0 Å². The second-order valence-corrected chi connectivity index (χ2v) is 4.49. The number of carboxylic acid groups (broad SMARTS) is 1. The van der Waals surface area contributed by atoms with E-state index in [9.17, 15) is 9.59 Å². The molecule has 1 aliphatic carbocycles. The van der Waals surface area contributed by atoms with Crippen molar-refractivity contribution in [1.29, 1.82) is 0 Å². The molecule has 1 saturated carbocycles. The molecule has 0 atom stereocenters. The minimum absolute atomic E-state index is 0.0980. The van der Waals surface area contributed by atoms with E-state index in [1.807, 2.05) is 4.90 Å². The Morgan fingerprint density at radius 2 is 1.94 bits per heavy atom. The second kappa shape index (κ2) is 5.84. The van der Waals surface area contributed by atoms with Crippen molar-refractivity contribution >= 4 is 11.9 Å². The van der Waals surface area contributed by atoms with E-state index in [0.717, 1.165) is 19.3 Å². The molecule has 1 rings (SSSR count). The van der Waals surface area contributed by atoms with Crippen LogP contribution in [0.1, 0.15) is 25.7 Å². The molecule has 0 aromatic rings. The predicted octanol–water partition coefficient (Wildman–Crippen LogP) is 0.404. The van der Waals surface area contributed by atoms with Crippen molar-refractivity contribution < 1.29 is 14.7 Å². The first-order valence-electron chi connectivity index (χ1n) is 5.66. The maximum atomic E-state index is 11.3. The summed E-state index contributed by atoms with van der Waals surface area (Å²) < 4.78 is 0. The van der Waals surface area contributed by atoms with Crippen LogP contribution in [-0.2, 0) is 9.59 Å². The Bertz CT molecular complexity index is 262. The van der Waals surface area contributed by atoms with Gasteiger partial charge in [0.2, 0.25) is 5.91 Å². The summed E-state index contributed by atoms with van der Waals surface area (Å²) in [5.41, 5.74) is 0. The molecular weight excluding hydrogens is 208 g/mol. The van der Waals surface area contributed by atoms with E-state index in [1.165, 1.54) is 0 Å². The number of nitrogens with zero attached hydrogens (tertiary/aromatic N) is 2. The monoisotopic (exact) mass is 228 g/mol. The first kappa shape index (κ1) is 13.0. The van der Waals surface area contributed by atoms with Gasteiger partial charge >= 0.3 is 5.97 Å². The molecule has 92 valence electrons. The van der Waals surface area contributed by atoms with E-state index in [2.05, 4.69) is 0 Å². The van der Waals surface area contributed by atoms with Gasteiger partial charge in [0, 0.05) is 26.6 Å². The van der Waals surface area contributed by atoms with Gasteiger partial charge in [-0.3, -0.25) is 14.5 Å². The van der Waals surface area contributed by atoms with Gasteiger partial charge in [0.05, 0.1) is 6.54 Å². The number of carbonyl (C=O) groups excluding carboxylic acids is 1. The Morgan fingerprint density at radius 1 is 1.31 bits per heavy atom. The van der Waals surface area contributed by atoms with Crippen molar-refractivity contribution in [1.82, 2.24) is 9.80 Å². The molecule has 0 aromatic carbocycles. The smallest absolute Gasteiger partial charge is 0.317 e. The lowest BCUT2D eigenvalue weighted by Crippen LogP contribution is -2.33. The van der Waals surface area contributed by atoms with E-state index in [0.29, 0.717) is 19.0 Å². The molecule has 0 aliphatic heterocycles. The number of hydrogen-bond acceptors (Lipinski definition) is 3. The van der Waals surface area contributed by atoms with Crippen LogP contribution in [0, 0.1) is 0 Å². The Hall–Kier alpha value is -1.10. The zero-order valence-electron chi connectivity index (χ0n) is 9.98. The van der Waals surface area contributed by atoms with E-state index < -0.39 is 5.97 Å². The summed E-state index contributed by atoms with van der Waals surface area (Å²) in [4.78, 5) is 25.5. The largest absolute Gasteiger partial charge is 0.480 e. The third-order valence-electron chi connectivity index (χ3n) is 2.74. The summed E-state index contributed by atoms with van der Waals surface area (Å²) in [5, 5.41) is 8.74. The number of amides is 1. The Labute approximate surface area is 96.0 Å². The molecule has 0 radical (unpaired) electrons. The van der Waals surface area contributed by atoms with Crippen molar-refractivity contribution in [3.05, 3.63) is 0 Å². The Balaban J connectivity index is 2.22. The number of aliphatic carboxylic acids is 1. The molecule has 0 heterocycles. The van der Waals surface area contributed by atoms with Crippen molar-refractivity contribution in [2.75, 3.05) is 27.2 Å². The summed E-state index contributed by atoms with van der Waals surface area (Å²) in [6, 6.07) is 0.436. The lowest BCUT2D eigenvalue weighted by atomic mass is 10.2. The molecule has 0 bridgehead atoms. The Kier molecular flexibility index (Phi) is 4.73. The van der Waals surface area contributed by atoms with Crippen LogP contribution >= 0.6 is 0 Å². The maximum absolute atomic E-state index is 11.3. The minimum atomic E-state index is -0.786. The molecule has 0 aromatic heterocycles. The highest BCUT2D eigenvalue weighted by Gasteiger charge is 2.29. The van der Waals surface area contributed by atoms with Crippen LogP contribution in [-0.4, -0.2) is 60.0 Å². The fourth-order valence-electron chi connectivity index (χ4n) is 1.66. The molecule has 1 fully saturated rings. The number of hydrogen-bond donors (Lipinski definition) is 1. The number of rotatable bonds is 7. The van der Waals surface area contributed by atoms with Crippen LogP contribution in [0.5, 0.6) is 0 Å². The lowest BCUT2D eigenvalue weighted by molar-refractivity contribution is -0.138. The van der Waals surface area contributed by atoms with Gasteiger partial charge in [-0.05, 0) is 25.8 Å². The van der Waals surface area contributed by atoms with Gasteiger partial charge in [-0.2, -0.15) is 0 Å². The van der Waals surface area contributed by atoms with Crippen LogP contribution in [0.3, 0.4) is 0 Å². The third-order valence-corrected chi connectivity index (χ3v) is 2.74. The summed E-state index contributed by atoms with van der Waals surface area (Å²) in [6.07, 6.45) is 3.42. The van der Waals surface area contributed by atoms with Gasteiger partial charge in [0.25, 0.3) is 0 Å². The highest BCUT2D eigenvalue weighted by atomic mass is 16.4. The summed E-state index contributed by atoms with van der Waals surface area (Å²) in [7, 11) is 3.47. The average Bonchev–Trinajstić information content (AvgIpc) is 2.98. The van der Waals surface area contributed by atoms with E-state index >= 15 is 0 Å². The zero-order chi connectivity index (χ0) is 12.1. The van der Waals surface area contributed by atoms with Crippen molar-refractivity contribution in [2.45, 2.75) is 31.7 Å². The Morgan fingerprint density at radius 3 is 2.38 bits per heavy atom. The minimum Gasteiger partial charge on any atom is -0.480 e. The normalized spacial score (nSPS) is 15.2. The molecule has 1 aliphatic rings. The highest BCUT2D eigenvalue weighted by Crippen LogP contribution is 2.26. The SMILES string of the molecule is CN(C)C(=O)CCCN(CC(=O)O)C1CC1. The first-order valence-corrected chi connectivity index (χ1v) is 5.66. The molecule has 1 amide bonds. The molecule has 0 spiro atoms. The van der Waals surface area contributed by atoms with Crippen molar-refractivity contribution in [2.24, 2.45) is 0 Å². The first-order chi connectivity index (χ1) is 7.50. The van der Waals surface area contributed by atoms with E-state index in [4.69, 9.17) is 5.11 Å². The molecule has 0 saturated heterocycles. The number of carboxylic acids is 1. The lowest BCUT2D eigenvalue weighted by Gasteiger charge is -2.19. The van der Waals surface area contributed by atoms with E-state index in [-0.39, 0.29) is 12.5 Å². The fraction of sp³-hybridized carbons (Fsp3) is 0.818. The topological polar surface area (TPSA) is 60.9 Å². The summed E-state index contributed by atoms with van der Waals surface area (Å²) in [6.45, 7) is 0.803. The summed E-state index contributed by atoms with van der Waals surface area (Å²) in [5.74, 6) is -0.683. The predicted molar refractivity (Wildman–Crippen MR) is 60.2 cm³/mol. The third kappa shape index (κ3) is 4.61. The van der Waals surface area contributed by atoms with Crippen molar-refractivity contribution in [3.63, 3.8) is 0 Å². The highest BCUT2D eigenvalue weighted by molar-refractivity contribution is 5.75. The quantitative estimate of drug-likeness (QED) is 0.685. The van der Waals surface area contributed by atoms with Crippen LogP contribution in [0.4, 0.5) is 0 Å². The van der Waals surface area contributed by atoms with Crippen LogP contribution in [0.2, 0.25) is 0 Å². The van der Waals surface area contributed by atoms with Gasteiger partial charge in [0.1, 0.15) is 0 Å². The van der Waals surface area contributed by atoms with Crippen LogP contribution in [0.25, 0.3) is 0 Å². The fourth-order valence-corrected chi connectivity index (χ4v) is 1.66. The molecular formula is C11H20N2O3. The molecule has 5 nitrogen and oxygen atoms in total. The number of carbonyl (C=O) groups is 2. The molecule has 1 N–H and O–H groups in total. The van der Waals surface area contributed by atoms with Crippen LogP contribution in [0.15, 0.2) is 0 Å². The van der Waals surface area contributed by atoms with Gasteiger partial charge in [-0.25, -0.2) is 0 Å². The summed E-state index contributed by atoms with van der Waals surface area (Å²) >= 11 is 0. The van der Waals surface area contributed by atoms with Gasteiger partial charge in [-0.1, -0.05) is 0 Å².